The van der Waals surface area contributed by atoms with Crippen molar-refractivity contribution < 1.29 is 14.3 Å². The fourth-order valence-corrected chi connectivity index (χ4v) is 4.08. The number of aromatic nitrogens is 2. The normalized spacial score (nSPS) is 11.9. The zero-order valence-corrected chi connectivity index (χ0v) is 19.5. The fraction of sp³-hybridized carbons (Fsp3) is 0.259. The molecule has 1 amide bonds. The number of aryl methyl sites for hydroxylation is 1. The molecule has 0 saturated carbocycles. The molecule has 1 unspecified atom stereocenters. The number of hydrogen-bond acceptors (Lipinski definition) is 4. The third kappa shape index (κ3) is 4.85. The number of ether oxygens (including phenoxy) is 2. The van der Waals surface area contributed by atoms with Crippen molar-refractivity contribution in [1.29, 1.82) is 0 Å². The van der Waals surface area contributed by atoms with Crippen molar-refractivity contribution in [1.82, 2.24) is 14.9 Å². The Hall–Kier alpha value is -3.80. The number of methoxy groups -OCH3 is 2. The van der Waals surface area contributed by atoms with Crippen LogP contribution in [0.4, 0.5) is 0 Å². The highest BCUT2D eigenvalue weighted by atomic mass is 16.5. The van der Waals surface area contributed by atoms with Gasteiger partial charge in [0.05, 0.1) is 37.7 Å². The Labute approximate surface area is 194 Å². The molecule has 0 aliphatic rings. The van der Waals surface area contributed by atoms with Gasteiger partial charge in [-0.2, -0.15) is 0 Å². The Bertz CT molecular complexity index is 1280. The van der Waals surface area contributed by atoms with Crippen molar-refractivity contribution in [3.8, 4) is 11.5 Å². The topological polar surface area (TPSA) is 65.4 Å². The summed E-state index contributed by atoms with van der Waals surface area (Å²) in [5.41, 5.74) is 5.28. The van der Waals surface area contributed by atoms with Gasteiger partial charge >= 0.3 is 0 Å². The molecule has 4 rings (SSSR count). The van der Waals surface area contributed by atoms with E-state index in [4.69, 9.17) is 14.5 Å². The van der Waals surface area contributed by atoms with Crippen molar-refractivity contribution in [2.75, 3.05) is 14.2 Å². The van der Waals surface area contributed by atoms with Crippen LogP contribution in [-0.2, 0) is 17.8 Å². The molecule has 1 N–H and O–H groups in total. The first kappa shape index (κ1) is 22.4. The highest BCUT2D eigenvalue weighted by Gasteiger charge is 2.19. The molecule has 6 heteroatoms. The summed E-state index contributed by atoms with van der Waals surface area (Å²) < 4.78 is 12.8. The largest absolute Gasteiger partial charge is 0.493 e. The van der Waals surface area contributed by atoms with Crippen molar-refractivity contribution in [2.24, 2.45) is 0 Å². The third-order valence-corrected chi connectivity index (χ3v) is 5.85. The number of nitrogens with one attached hydrogen (secondary N) is 1. The van der Waals surface area contributed by atoms with E-state index < -0.39 is 0 Å². The lowest BCUT2D eigenvalue weighted by Gasteiger charge is -2.17. The molecule has 170 valence electrons. The van der Waals surface area contributed by atoms with E-state index in [9.17, 15) is 4.79 Å². The van der Waals surface area contributed by atoms with Crippen LogP contribution in [0.15, 0.2) is 66.7 Å². The summed E-state index contributed by atoms with van der Waals surface area (Å²) in [6.45, 7) is 4.78. The van der Waals surface area contributed by atoms with E-state index in [0.717, 1.165) is 22.4 Å². The van der Waals surface area contributed by atoms with E-state index in [1.165, 1.54) is 11.1 Å². The van der Waals surface area contributed by atoms with Crippen LogP contribution in [0, 0.1) is 6.92 Å². The maximum Gasteiger partial charge on any atom is 0.224 e. The first-order valence-corrected chi connectivity index (χ1v) is 11.0. The number of nitrogens with zero attached hydrogens (tertiary/aromatic N) is 2. The van der Waals surface area contributed by atoms with Gasteiger partial charge in [0.25, 0.3) is 0 Å². The summed E-state index contributed by atoms with van der Waals surface area (Å²) in [5.74, 6) is 2.00. The molecule has 1 atom stereocenters. The SMILES string of the molecule is COc1ccc(CC(=O)NC(C)c2nc3ccccc3n2Cc2ccccc2C)cc1OC. The fourth-order valence-electron chi connectivity index (χ4n) is 4.08. The number of benzene rings is 3. The molecule has 4 aromatic rings. The third-order valence-electron chi connectivity index (χ3n) is 5.85. The predicted molar refractivity (Wildman–Crippen MR) is 130 cm³/mol. The Balaban J connectivity index is 1.57. The molecule has 0 radical (unpaired) electrons. The molecule has 0 fully saturated rings. The van der Waals surface area contributed by atoms with Crippen LogP contribution in [0.5, 0.6) is 11.5 Å². The summed E-state index contributed by atoms with van der Waals surface area (Å²) in [6, 6.07) is 21.7. The zero-order chi connectivity index (χ0) is 23.4. The van der Waals surface area contributed by atoms with Gasteiger partial charge in [-0.3, -0.25) is 4.79 Å². The van der Waals surface area contributed by atoms with Crippen LogP contribution in [-0.4, -0.2) is 29.7 Å². The van der Waals surface area contributed by atoms with E-state index in [-0.39, 0.29) is 18.4 Å². The van der Waals surface area contributed by atoms with E-state index in [1.807, 2.05) is 49.4 Å². The van der Waals surface area contributed by atoms with E-state index in [1.54, 1.807) is 14.2 Å². The number of carbonyl (C=O) groups excluding carboxylic acids is 1. The molecule has 0 bridgehead atoms. The smallest absolute Gasteiger partial charge is 0.224 e. The first-order valence-electron chi connectivity index (χ1n) is 11.0. The lowest BCUT2D eigenvalue weighted by molar-refractivity contribution is -0.121. The van der Waals surface area contributed by atoms with Gasteiger partial charge in [-0.25, -0.2) is 4.98 Å². The molecule has 6 nitrogen and oxygen atoms in total. The molecule has 1 heterocycles. The van der Waals surface area contributed by atoms with Gasteiger partial charge < -0.3 is 19.4 Å². The number of rotatable bonds is 8. The van der Waals surface area contributed by atoms with E-state index in [2.05, 4.69) is 41.1 Å². The van der Waals surface area contributed by atoms with Crippen molar-refractivity contribution in [2.45, 2.75) is 32.9 Å². The lowest BCUT2D eigenvalue weighted by atomic mass is 10.1. The van der Waals surface area contributed by atoms with Crippen LogP contribution >= 0.6 is 0 Å². The summed E-state index contributed by atoms with van der Waals surface area (Å²) in [6.07, 6.45) is 0.239. The number of para-hydroxylation sites is 2. The summed E-state index contributed by atoms with van der Waals surface area (Å²) in [4.78, 5) is 17.7. The summed E-state index contributed by atoms with van der Waals surface area (Å²) >= 11 is 0. The van der Waals surface area contributed by atoms with Gasteiger partial charge in [-0.05, 0) is 54.8 Å². The van der Waals surface area contributed by atoms with Gasteiger partial charge in [0.2, 0.25) is 5.91 Å². The molecule has 0 spiro atoms. The second kappa shape index (κ2) is 9.77. The second-order valence-corrected chi connectivity index (χ2v) is 8.13. The highest BCUT2D eigenvalue weighted by molar-refractivity contribution is 5.80. The lowest BCUT2D eigenvalue weighted by Crippen LogP contribution is -2.30. The Morgan fingerprint density at radius 2 is 1.73 bits per heavy atom. The minimum atomic E-state index is -0.255. The van der Waals surface area contributed by atoms with Gasteiger partial charge in [-0.15, -0.1) is 0 Å². The van der Waals surface area contributed by atoms with Gasteiger partial charge in [0, 0.05) is 6.54 Å². The van der Waals surface area contributed by atoms with Gasteiger partial charge in [0.1, 0.15) is 5.82 Å². The van der Waals surface area contributed by atoms with Crippen molar-refractivity contribution >= 4 is 16.9 Å². The van der Waals surface area contributed by atoms with Crippen molar-refractivity contribution in [3.05, 3.63) is 89.2 Å². The average Bonchev–Trinajstić information content (AvgIpc) is 3.19. The van der Waals surface area contributed by atoms with Crippen LogP contribution in [0.3, 0.4) is 0 Å². The van der Waals surface area contributed by atoms with Crippen LogP contribution < -0.4 is 14.8 Å². The Morgan fingerprint density at radius 3 is 2.48 bits per heavy atom. The Kier molecular flexibility index (Phi) is 6.63. The minimum absolute atomic E-state index is 0.0794. The van der Waals surface area contributed by atoms with E-state index >= 15 is 0 Å². The maximum absolute atomic E-state index is 12.9. The molecular weight excluding hydrogens is 414 g/mol. The molecule has 0 aliphatic heterocycles. The molecule has 0 aliphatic carbocycles. The standard InChI is InChI=1S/C27H29N3O3/c1-18-9-5-6-10-21(18)17-30-23-12-8-7-11-22(23)29-27(30)19(2)28-26(31)16-20-13-14-24(32-3)25(15-20)33-4/h5-15,19H,16-17H2,1-4H3,(H,28,31). The second-order valence-electron chi connectivity index (χ2n) is 8.13. The number of amides is 1. The van der Waals surface area contributed by atoms with Crippen LogP contribution in [0.25, 0.3) is 11.0 Å². The Morgan fingerprint density at radius 1 is 1.00 bits per heavy atom. The van der Waals surface area contributed by atoms with Crippen LogP contribution in [0.1, 0.15) is 35.5 Å². The number of imidazole rings is 1. The maximum atomic E-state index is 12.9. The number of fused-ring (bicyclic) bond motifs is 1. The zero-order valence-electron chi connectivity index (χ0n) is 19.5. The molecule has 3 aromatic carbocycles. The quantitative estimate of drug-likeness (QED) is 0.424. The highest BCUT2D eigenvalue weighted by Crippen LogP contribution is 2.28. The van der Waals surface area contributed by atoms with Crippen molar-refractivity contribution in [3.63, 3.8) is 0 Å². The first-order chi connectivity index (χ1) is 16.0. The summed E-state index contributed by atoms with van der Waals surface area (Å²) in [7, 11) is 3.18. The number of carbonyl (C=O) groups is 1. The number of hydrogen-bond donors (Lipinski definition) is 1. The predicted octanol–water partition coefficient (Wildman–Crippen LogP) is 4.83. The molecule has 1 aromatic heterocycles. The average molecular weight is 444 g/mol. The molecular formula is C27H29N3O3. The summed E-state index contributed by atoms with van der Waals surface area (Å²) in [5, 5.41) is 3.12. The minimum Gasteiger partial charge on any atom is -0.493 e. The van der Waals surface area contributed by atoms with E-state index in [0.29, 0.717) is 18.0 Å². The monoisotopic (exact) mass is 443 g/mol. The van der Waals surface area contributed by atoms with Gasteiger partial charge in [-0.1, -0.05) is 42.5 Å². The molecule has 33 heavy (non-hydrogen) atoms. The van der Waals surface area contributed by atoms with Crippen LogP contribution in [0.2, 0.25) is 0 Å². The molecule has 0 saturated heterocycles. The van der Waals surface area contributed by atoms with Gasteiger partial charge in [0.15, 0.2) is 11.5 Å².